The Bertz CT molecular complexity index is 730. The maximum absolute atomic E-state index is 13.2. The normalized spacial score (nSPS) is 11.4. The highest BCUT2D eigenvalue weighted by atomic mass is 19.1. The summed E-state index contributed by atoms with van der Waals surface area (Å²) in [5.74, 6) is -0.0876. The Morgan fingerprint density at radius 2 is 1.27 bits per heavy atom. The van der Waals surface area contributed by atoms with Gasteiger partial charge in [-0.05, 0) is 60.7 Å². The zero-order chi connectivity index (χ0) is 15.4. The van der Waals surface area contributed by atoms with Gasteiger partial charge in [0.2, 0.25) is 0 Å². The highest BCUT2D eigenvalue weighted by Crippen LogP contribution is 2.20. The minimum absolute atomic E-state index is 0.196. The van der Waals surface area contributed by atoms with Crippen molar-refractivity contribution in [3.8, 4) is 5.75 Å². The molecule has 3 aromatic rings. The topological polar surface area (TPSA) is 32.6 Å². The molecular weight excluding hydrogens is 277 g/mol. The third-order valence-corrected chi connectivity index (χ3v) is 3.26. The minimum Gasteiger partial charge on any atom is -0.508 e. The molecule has 2 nitrogen and oxygen atoms in total. The number of hydrogen-bond acceptors (Lipinski definition) is 2. The molecule has 0 aromatic heterocycles. The fourth-order valence-electron chi connectivity index (χ4n) is 2.15. The molecule has 3 aromatic carbocycles. The van der Waals surface area contributed by atoms with Crippen LogP contribution in [0.15, 0.2) is 83.9 Å². The van der Waals surface area contributed by atoms with Crippen molar-refractivity contribution >= 4 is 11.4 Å². The van der Waals surface area contributed by atoms with Crippen LogP contribution >= 0.6 is 0 Å². The second-order valence-electron chi connectivity index (χ2n) is 4.85. The molecule has 3 heteroatoms. The number of benzene rings is 3. The van der Waals surface area contributed by atoms with Crippen LogP contribution in [0.25, 0.3) is 0 Å². The smallest absolute Gasteiger partial charge is 0.123 e. The number of phenols is 1. The van der Waals surface area contributed by atoms with Crippen molar-refractivity contribution in [2.24, 2.45) is 4.99 Å². The maximum Gasteiger partial charge on any atom is 0.123 e. The first-order valence-corrected chi connectivity index (χ1v) is 6.91. The summed E-state index contributed by atoms with van der Waals surface area (Å²) in [6.07, 6.45) is 0. The molecule has 0 saturated carbocycles. The molecule has 0 heterocycles. The lowest BCUT2D eigenvalue weighted by Crippen LogP contribution is -2.03. The highest BCUT2D eigenvalue weighted by Gasteiger charge is 2.08. The second kappa shape index (κ2) is 6.22. The Balaban J connectivity index is 2.11. The van der Waals surface area contributed by atoms with Crippen LogP contribution in [0.2, 0.25) is 0 Å². The number of para-hydroxylation sites is 1. The van der Waals surface area contributed by atoms with Crippen molar-refractivity contribution in [3.63, 3.8) is 0 Å². The number of hydrogen-bond donors (Lipinski definition) is 1. The van der Waals surface area contributed by atoms with Crippen LogP contribution in [0.3, 0.4) is 0 Å². The molecular formula is C19H14FNO. The number of phenolic OH excluding ortho intramolecular Hbond substituents is 1. The van der Waals surface area contributed by atoms with Crippen molar-refractivity contribution in [3.05, 3.63) is 95.8 Å². The van der Waals surface area contributed by atoms with Crippen molar-refractivity contribution in [1.82, 2.24) is 0 Å². The van der Waals surface area contributed by atoms with E-state index in [1.165, 1.54) is 12.1 Å². The SMILES string of the molecule is Oc1ccc(C(=Nc2ccccc2)c2ccc(F)cc2)cc1. The second-order valence-corrected chi connectivity index (χ2v) is 4.85. The molecule has 0 atom stereocenters. The molecule has 0 saturated heterocycles. The molecule has 22 heavy (non-hydrogen) atoms. The number of nitrogens with zero attached hydrogens (tertiary/aromatic N) is 1. The first-order chi connectivity index (χ1) is 10.7. The van der Waals surface area contributed by atoms with Crippen LogP contribution < -0.4 is 0 Å². The molecule has 0 radical (unpaired) electrons. The van der Waals surface area contributed by atoms with Gasteiger partial charge in [-0.1, -0.05) is 18.2 Å². The van der Waals surface area contributed by atoms with Gasteiger partial charge in [0, 0.05) is 11.1 Å². The summed E-state index contributed by atoms with van der Waals surface area (Å²) in [6, 6.07) is 22.6. The molecule has 0 unspecified atom stereocenters. The van der Waals surface area contributed by atoms with Gasteiger partial charge in [-0.15, -0.1) is 0 Å². The standard InChI is InChI=1S/C19H14FNO/c20-16-10-6-14(7-11-16)19(15-8-12-18(22)13-9-15)21-17-4-2-1-3-5-17/h1-13,22H. The zero-order valence-corrected chi connectivity index (χ0v) is 11.8. The first kappa shape index (κ1) is 14.0. The van der Waals surface area contributed by atoms with Crippen molar-refractivity contribution in [2.75, 3.05) is 0 Å². The van der Waals surface area contributed by atoms with Gasteiger partial charge in [-0.25, -0.2) is 9.38 Å². The Morgan fingerprint density at radius 1 is 0.727 bits per heavy atom. The third kappa shape index (κ3) is 3.20. The van der Waals surface area contributed by atoms with E-state index in [2.05, 4.69) is 4.99 Å². The van der Waals surface area contributed by atoms with Gasteiger partial charge in [0.25, 0.3) is 0 Å². The van der Waals surface area contributed by atoms with E-state index in [1.54, 1.807) is 36.4 Å². The highest BCUT2D eigenvalue weighted by molar-refractivity contribution is 6.14. The van der Waals surface area contributed by atoms with E-state index in [4.69, 9.17) is 0 Å². The molecule has 3 rings (SSSR count). The number of halogens is 1. The Labute approximate surface area is 128 Å². The first-order valence-electron chi connectivity index (χ1n) is 6.91. The van der Waals surface area contributed by atoms with Gasteiger partial charge in [0.05, 0.1) is 11.4 Å². The van der Waals surface area contributed by atoms with Crippen LogP contribution in [-0.4, -0.2) is 10.8 Å². The van der Waals surface area contributed by atoms with E-state index in [-0.39, 0.29) is 11.6 Å². The lowest BCUT2D eigenvalue weighted by atomic mass is 10.0. The van der Waals surface area contributed by atoms with E-state index >= 15 is 0 Å². The monoisotopic (exact) mass is 291 g/mol. The summed E-state index contributed by atoms with van der Waals surface area (Å²) in [6.45, 7) is 0. The van der Waals surface area contributed by atoms with Crippen LogP contribution in [-0.2, 0) is 0 Å². The fourth-order valence-corrected chi connectivity index (χ4v) is 2.15. The quantitative estimate of drug-likeness (QED) is 0.697. The van der Waals surface area contributed by atoms with Crippen LogP contribution in [0, 0.1) is 5.82 Å². The summed E-state index contributed by atoms with van der Waals surface area (Å²) in [7, 11) is 0. The summed E-state index contributed by atoms with van der Waals surface area (Å²) >= 11 is 0. The van der Waals surface area contributed by atoms with E-state index in [0.717, 1.165) is 22.5 Å². The largest absolute Gasteiger partial charge is 0.508 e. The predicted molar refractivity (Wildman–Crippen MR) is 86.2 cm³/mol. The predicted octanol–water partition coefficient (Wildman–Crippen LogP) is 4.70. The van der Waals surface area contributed by atoms with Gasteiger partial charge in [-0.2, -0.15) is 0 Å². The molecule has 0 aliphatic rings. The molecule has 0 aliphatic carbocycles. The molecule has 108 valence electrons. The summed E-state index contributed by atoms with van der Waals surface area (Å²) in [5.41, 5.74) is 3.21. The third-order valence-electron chi connectivity index (χ3n) is 3.26. The maximum atomic E-state index is 13.2. The number of rotatable bonds is 3. The van der Waals surface area contributed by atoms with Gasteiger partial charge in [-0.3, -0.25) is 0 Å². The van der Waals surface area contributed by atoms with Gasteiger partial charge >= 0.3 is 0 Å². The van der Waals surface area contributed by atoms with Crippen LogP contribution in [0.1, 0.15) is 11.1 Å². The van der Waals surface area contributed by atoms with E-state index in [9.17, 15) is 9.50 Å². The molecule has 0 spiro atoms. The lowest BCUT2D eigenvalue weighted by molar-refractivity contribution is 0.475. The molecule has 0 fully saturated rings. The average Bonchev–Trinajstić information content (AvgIpc) is 2.56. The number of aromatic hydroxyl groups is 1. The minimum atomic E-state index is -0.284. The van der Waals surface area contributed by atoms with E-state index in [1.807, 2.05) is 30.3 Å². The van der Waals surface area contributed by atoms with Gasteiger partial charge in [0.15, 0.2) is 0 Å². The molecule has 0 bridgehead atoms. The Morgan fingerprint density at radius 3 is 1.86 bits per heavy atom. The lowest BCUT2D eigenvalue weighted by Gasteiger charge is -2.08. The van der Waals surface area contributed by atoms with E-state index in [0.29, 0.717) is 0 Å². The van der Waals surface area contributed by atoms with Crippen LogP contribution in [0.5, 0.6) is 5.75 Å². The zero-order valence-electron chi connectivity index (χ0n) is 11.8. The van der Waals surface area contributed by atoms with E-state index < -0.39 is 0 Å². The van der Waals surface area contributed by atoms with Crippen molar-refractivity contribution in [1.29, 1.82) is 0 Å². The Hall–Kier alpha value is -2.94. The fraction of sp³-hybridized carbons (Fsp3) is 0. The summed E-state index contributed by atoms with van der Waals surface area (Å²) in [4.78, 5) is 4.67. The number of aliphatic imine (C=N–C) groups is 1. The summed E-state index contributed by atoms with van der Waals surface area (Å²) in [5, 5.41) is 9.45. The average molecular weight is 291 g/mol. The molecule has 0 aliphatic heterocycles. The molecule has 1 N–H and O–H groups in total. The summed E-state index contributed by atoms with van der Waals surface area (Å²) < 4.78 is 13.2. The van der Waals surface area contributed by atoms with Gasteiger partial charge in [0.1, 0.15) is 11.6 Å². The molecule has 0 amide bonds. The van der Waals surface area contributed by atoms with Gasteiger partial charge < -0.3 is 5.11 Å². The van der Waals surface area contributed by atoms with Crippen molar-refractivity contribution < 1.29 is 9.50 Å². The Kier molecular flexibility index (Phi) is 3.97. The van der Waals surface area contributed by atoms with Crippen molar-refractivity contribution in [2.45, 2.75) is 0 Å². The van der Waals surface area contributed by atoms with Crippen LogP contribution in [0.4, 0.5) is 10.1 Å².